The summed E-state index contributed by atoms with van der Waals surface area (Å²) in [6, 6.07) is 8.25. The van der Waals surface area contributed by atoms with Crippen LogP contribution in [0.2, 0.25) is 0 Å². The van der Waals surface area contributed by atoms with Crippen molar-refractivity contribution in [3.8, 4) is 12.3 Å². The number of fused-ring (bicyclic) bond motifs is 1. The zero-order chi connectivity index (χ0) is 10.5. The highest BCUT2D eigenvalue weighted by atomic mass is 16.4. The summed E-state index contributed by atoms with van der Waals surface area (Å²) in [5.74, 6) is 2.59. The second-order valence-electron chi connectivity index (χ2n) is 3.22. The van der Waals surface area contributed by atoms with Crippen molar-refractivity contribution in [1.29, 1.82) is 0 Å². The van der Waals surface area contributed by atoms with Gasteiger partial charge in [-0.3, -0.25) is 0 Å². The lowest BCUT2D eigenvalue weighted by molar-refractivity contribution is 0.613. The van der Waals surface area contributed by atoms with E-state index in [1.807, 2.05) is 24.3 Å². The standard InChI is InChI=1S/C12H12N2O/c1-2-3-6-9-13-12-14-10-7-4-5-8-11(10)15-12/h1,4-5,7-8H,3,6,9H2,(H,13,14). The quantitative estimate of drug-likeness (QED) is 0.609. The summed E-state index contributed by atoms with van der Waals surface area (Å²) in [5.41, 5.74) is 1.67. The minimum absolute atomic E-state index is 0.563. The van der Waals surface area contributed by atoms with Crippen molar-refractivity contribution in [2.24, 2.45) is 0 Å². The minimum atomic E-state index is 0.563. The Kier molecular flexibility index (Phi) is 2.89. The predicted octanol–water partition coefficient (Wildman–Crippen LogP) is 2.65. The summed E-state index contributed by atoms with van der Waals surface area (Å²) in [6.45, 7) is 0.789. The van der Waals surface area contributed by atoms with Gasteiger partial charge < -0.3 is 9.73 Å². The monoisotopic (exact) mass is 200 g/mol. The lowest BCUT2D eigenvalue weighted by atomic mass is 10.3. The smallest absolute Gasteiger partial charge is 0.295 e. The molecule has 0 spiro atoms. The highest BCUT2D eigenvalue weighted by Crippen LogP contribution is 2.17. The molecule has 0 radical (unpaired) electrons. The van der Waals surface area contributed by atoms with E-state index >= 15 is 0 Å². The minimum Gasteiger partial charge on any atom is -0.424 e. The van der Waals surface area contributed by atoms with Crippen molar-refractivity contribution in [1.82, 2.24) is 4.98 Å². The molecule has 0 fully saturated rings. The van der Waals surface area contributed by atoms with Crippen molar-refractivity contribution >= 4 is 17.1 Å². The van der Waals surface area contributed by atoms with Crippen molar-refractivity contribution < 1.29 is 4.42 Å². The zero-order valence-electron chi connectivity index (χ0n) is 8.36. The van der Waals surface area contributed by atoms with Gasteiger partial charge in [0, 0.05) is 13.0 Å². The van der Waals surface area contributed by atoms with E-state index in [9.17, 15) is 0 Å². The van der Waals surface area contributed by atoms with Crippen LogP contribution in [0.25, 0.3) is 11.1 Å². The van der Waals surface area contributed by atoms with Crippen LogP contribution >= 0.6 is 0 Å². The molecule has 0 unspecified atom stereocenters. The molecule has 2 aromatic rings. The lowest BCUT2D eigenvalue weighted by Gasteiger charge is -1.97. The molecule has 2 rings (SSSR count). The number of nitrogens with zero attached hydrogens (tertiary/aromatic N) is 1. The average Bonchev–Trinajstić information content (AvgIpc) is 2.67. The molecule has 1 N–H and O–H groups in total. The van der Waals surface area contributed by atoms with Crippen LogP contribution in [0.3, 0.4) is 0 Å². The maximum Gasteiger partial charge on any atom is 0.295 e. The number of anilines is 1. The van der Waals surface area contributed by atoms with Gasteiger partial charge in [-0.15, -0.1) is 12.3 Å². The summed E-state index contributed by atoms with van der Waals surface area (Å²) < 4.78 is 5.47. The van der Waals surface area contributed by atoms with Gasteiger partial charge in [-0.2, -0.15) is 4.98 Å². The molecule has 1 aromatic carbocycles. The number of terminal acetylenes is 1. The lowest BCUT2D eigenvalue weighted by Crippen LogP contribution is -2.00. The summed E-state index contributed by atoms with van der Waals surface area (Å²) >= 11 is 0. The Balaban J connectivity index is 2.00. The highest BCUT2D eigenvalue weighted by Gasteiger charge is 2.02. The van der Waals surface area contributed by atoms with E-state index in [2.05, 4.69) is 16.2 Å². The molecule has 0 bridgehead atoms. The number of para-hydroxylation sites is 2. The maximum atomic E-state index is 5.47. The Morgan fingerprint density at radius 1 is 1.40 bits per heavy atom. The number of oxazole rings is 1. The van der Waals surface area contributed by atoms with Crippen LogP contribution < -0.4 is 5.32 Å². The van der Waals surface area contributed by atoms with Gasteiger partial charge in [0.15, 0.2) is 5.58 Å². The van der Waals surface area contributed by atoms with Gasteiger partial charge in [0.1, 0.15) is 5.52 Å². The fraction of sp³-hybridized carbons (Fsp3) is 0.250. The van der Waals surface area contributed by atoms with Gasteiger partial charge in [-0.1, -0.05) is 12.1 Å². The fourth-order valence-electron chi connectivity index (χ4n) is 1.33. The molecule has 0 aliphatic carbocycles. The molecule has 1 aromatic heterocycles. The number of hydrogen-bond donors (Lipinski definition) is 1. The van der Waals surface area contributed by atoms with E-state index in [0.29, 0.717) is 6.01 Å². The van der Waals surface area contributed by atoms with Crippen LogP contribution in [0.1, 0.15) is 12.8 Å². The molecule has 0 aliphatic heterocycles. The van der Waals surface area contributed by atoms with E-state index < -0.39 is 0 Å². The Hall–Kier alpha value is -1.95. The van der Waals surface area contributed by atoms with E-state index in [0.717, 1.165) is 30.5 Å². The third-order valence-corrected chi connectivity index (χ3v) is 2.07. The summed E-state index contributed by atoms with van der Waals surface area (Å²) in [5, 5.41) is 3.10. The molecule has 0 amide bonds. The first kappa shape index (κ1) is 9.60. The molecule has 0 saturated carbocycles. The van der Waals surface area contributed by atoms with Crippen LogP contribution in [0.4, 0.5) is 6.01 Å². The third-order valence-electron chi connectivity index (χ3n) is 2.07. The Labute approximate surface area is 88.5 Å². The number of benzene rings is 1. The van der Waals surface area contributed by atoms with Gasteiger partial charge in [-0.25, -0.2) is 0 Å². The van der Waals surface area contributed by atoms with Gasteiger partial charge >= 0.3 is 0 Å². The van der Waals surface area contributed by atoms with Gasteiger partial charge in [0.25, 0.3) is 6.01 Å². The SMILES string of the molecule is C#CCCCNc1nc2ccccc2o1. The van der Waals surface area contributed by atoms with Crippen molar-refractivity contribution in [2.75, 3.05) is 11.9 Å². The van der Waals surface area contributed by atoms with Gasteiger partial charge in [-0.05, 0) is 18.6 Å². The number of aromatic nitrogens is 1. The first-order valence-electron chi connectivity index (χ1n) is 4.93. The molecule has 3 nitrogen and oxygen atoms in total. The van der Waals surface area contributed by atoms with Crippen molar-refractivity contribution in [3.63, 3.8) is 0 Å². The second-order valence-corrected chi connectivity index (χ2v) is 3.22. The molecule has 15 heavy (non-hydrogen) atoms. The highest BCUT2D eigenvalue weighted by molar-refractivity contribution is 5.74. The molecule has 0 atom stereocenters. The molecular formula is C12H12N2O. The average molecular weight is 200 g/mol. The molecular weight excluding hydrogens is 188 g/mol. The number of unbranched alkanes of at least 4 members (excludes halogenated alkanes) is 1. The van der Waals surface area contributed by atoms with Gasteiger partial charge in [0.05, 0.1) is 0 Å². The van der Waals surface area contributed by atoms with E-state index in [-0.39, 0.29) is 0 Å². The summed E-state index contributed by atoms with van der Waals surface area (Å²) in [7, 11) is 0. The fourth-order valence-corrected chi connectivity index (χ4v) is 1.33. The number of nitrogens with one attached hydrogen (secondary N) is 1. The Morgan fingerprint density at radius 3 is 3.07 bits per heavy atom. The normalized spacial score (nSPS) is 10.1. The van der Waals surface area contributed by atoms with Crippen LogP contribution in [0, 0.1) is 12.3 Å². The van der Waals surface area contributed by atoms with Crippen LogP contribution in [-0.2, 0) is 0 Å². The molecule has 76 valence electrons. The summed E-state index contributed by atoms with van der Waals surface area (Å²) in [6.07, 6.45) is 6.85. The first-order chi connectivity index (χ1) is 7.40. The largest absolute Gasteiger partial charge is 0.424 e. The predicted molar refractivity (Wildman–Crippen MR) is 60.6 cm³/mol. The number of rotatable bonds is 4. The first-order valence-corrected chi connectivity index (χ1v) is 4.93. The molecule has 0 aliphatic rings. The van der Waals surface area contributed by atoms with Crippen LogP contribution in [0.15, 0.2) is 28.7 Å². The number of hydrogen-bond acceptors (Lipinski definition) is 3. The molecule has 0 saturated heterocycles. The van der Waals surface area contributed by atoms with Gasteiger partial charge in [0.2, 0.25) is 0 Å². The van der Waals surface area contributed by atoms with Crippen LogP contribution in [-0.4, -0.2) is 11.5 Å². The molecule has 1 heterocycles. The zero-order valence-corrected chi connectivity index (χ0v) is 8.36. The van der Waals surface area contributed by atoms with E-state index in [4.69, 9.17) is 10.8 Å². The maximum absolute atomic E-state index is 5.47. The Bertz CT molecular complexity index is 449. The van der Waals surface area contributed by atoms with E-state index in [1.165, 1.54) is 0 Å². The third kappa shape index (κ3) is 2.29. The van der Waals surface area contributed by atoms with Crippen molar-refractivity contribution in [3.05, 3.63) is 24.3 Å². The molecule has 3 heteroatoms. The summed E-state index contributed by atoms with van der Waals surface area (Å²) in [4.78, 5) is 4.28. The van der Waals surface area contributed by atoms with Crippen molar-refractivity contribution in [2.45, 2.75) is 12.8 Å². The van der Waals surface area contributed by atoms with Crippen LogP contribution in [0.5, 0.6) is 0 Å². The van der Waals surface area contributed by atoms with E-state index in [1.54, 1.807) is 0 Å². The second kappa shape index (κ2) is 4.52. The topological polar surface area (TPSA) is 38.1 Å². The Morgan fingerprint density at radius 2 is 2.27 bits per heavy atom.